The average molecular weight is 676 g/mol. The highest BCUT2D eigenvalue weighted by molar-refractivity contribution is 7.86. The topological polar surface area (TPSA) is 189 Å². The number of aromatic hydroxyl groups is 1. The van der Waals surface area contributed by atoms with Crippen LogP contribution < -0.4 is 16.2 Å². The number of fused-ring (bicyclic) bond motifs is 2. The third-order valence-electron chi connectivity index (χ3n) is 10.6. The van der Waals surface area contributed by atoms with E-state index in [1.165, 1.54) is 12.1 Å². The summed E-state index contributed by atoms with van der Waals surface area (Å²) in [5.74, 6) is -0.449. The second kappa shape index (κ2) is 13.5. The van der Waals surface area contributed by atoms with Crippen molar-refractivity contribution in [3.8, 4) is 11.5 Å². The zero-order valence-corrected chi connectivity index (χ0v) is 27.9. The van der Waals surface area contributed by atoms with Gasteiger partial charge in [-0.1, -0.05) is 55.5 Å². The van der Waals surface area contributed by atoms with Gasteiger partial charge in [0.25, 0.3) is 10.1 Å². The van der Waals surface area contributed by atoms with Crippen molar-refractivity contribution in [2.24, 2.45) is 28.3 Å². The largest absolute Gasteiger partial charge is 0.508 e. The second-order valence-corrected chi connectivity index (χ2v) is 15.2. The molecule has 5 aliphatic rings. The lowest BCUT2D eigenvalue weighted by Gasteiger charge is -2.39. The van der Waals surface area contributed by atoms with Crippen molar-refractivity contribution >= 4 is 16.1 Å². The Morgan fingerprint density at radius 1 is 1.02 bits per heavy atom. The summed E-state index contributed by atoms with van der Waals surface area (Å²) in [6.07, 6.45) is 4.40. The first-order chi connectivity index (χ1) is 22.9. The van der Waals surface area contributed by atoms with E-state index < -0.39 is 33.1 Å². The van der Waals surface area contributed by atoms with E-state index in [2.05, 4.69) is 11.9 Å². The van der Waals surface area contributed by atoms with Gasteiger partial charge in [-0.3, -0.25) is 4.55 Å². The van der Waals surface area contributed by atoms with Crippen LogP contribution in [-0.4, -0.2) is 46.1 Å². The van der Waals surface area contributed by atoms with Gasteiger partial charge in [-0.25, -0.2) is 4.99 Å². The summed E-state index contributed by atoms with van der Waals surface area (Å²) in [6, 6.07) is 19.7. The Morgan fingerprint density at radius 2 is 1.75 bits per heavy atom. The predicted molar refractivity (Wildman–Crippen MR) is 184 cm³/mol. The fourth-order valence-electron chi connectivity index (χ4n) is 8.13. The van der Waals surface area contributed by atoms with Crippen LogP contribution in [0.5, 0.6) is 11.5 Å². The van der Waals surface area contributed by atoms with Gasteiger partial charge in [0.05, 0.1) is 5.25 Å². The van der Waals surface area contributed by atoms with Gasteiger partial charge in [-0.05, 0) is 108 Å². The van der Waals surface area contributed by atoms with E-state index in [4.69, 9.17) is 16.2 Å². The van der Waals surface area contributed by atoms with Crippen LogP contribution in [0.2, 0.25) is 0 Å². The molecule has 0 saturated heterocycles. The van der Waals surface area contributed by atoms with Gasteiger partial charge in [0.2, 0.25) is 5.72 Å². The van der Waals surface area contributed by atoms with E-state index in [9.17, 15) is 28.3 Å². The molecular weight excluding hydrogens is 630 g/mol. The number of ether oxygens (including phenoxy) is 1. The highest BCUT2D eigenvalue weighted by Gasteiger charge is 2.43. The molecule has 7 atom stereocenters. The molecule has 3 aliphatic heterocycles. The number of hydrogen-bond donors (Lipinski definition) is 6. The van der Waals surface area contributed by atoms with E-state index >= 15 is 0 Å². The number of phenols is 1. The van der Waals surface area contributed by atoms with E-state index in [1.54, 1.807) is 12.1 Å². The van der Waals surface area contributed by atoms with Crippen molar-refractivity contribution in [2.45, 2.75) is 80.8 Å². The van der Waals surface area contributed by atoms with Crippen LogP contribution >= 0.6 is 0 Å². The number of benzene rings is 3. The minimum absolute atomic E-state index is 0.0833. The maximum Gasteiger partial charge on any atom is 0.268 e. The summed E-state index contributed by atoms with van der Waals surface area (Å²) >= 11 is 0. The van der Waals surface area contributed by atoms with Gasteiger partial charge in [-0.2, -0.15) is 8.42 Å². The first-order valence-corrected chi connectivity index (χ1v) is 18.2. The summed E-state index contributed by atoms with van der Waals surface area (Å²) in [5.41, 5.74) is 15.5. The Labute approximate surface area is 281 Å². The maximum absolute atomic E-state index is 13.4. The molecule has 11 heteroatoms. The molecule has 0 aromatic heterocycles. The molecule has 6 bridgehead atoms. The van der Waals surface area contributed by atoms with Crippen LogP contribution in [0.15, 0.2) is 83.4 Å². The van der Waals surface area contributed by atoms with Crippen LogP contribution in [0.1, 0.15) is 91.2 Å². The first kappa shape index (κ1) is 34.0. The minimum atomic E-state index is -4.55. The Balaban J connectivity index is 1.55. The number of phenolic OH excluding ortho intramolecular Hbond substituents is 1. The summed E-state index contributed by atoms with van der Waals surface area (Å²) < 4.78 is 44.5. The molecule has 0 saturated carbocycles. The molecule has 0 spiro atoms. The van der Waals surface area contributed by atoms with Crippen molar-refractivity contribution in [3.05, 3.63) is 106 Å². The summed E-state index contributed by atoms with van der Waals surface area (Å²) in [4.78, 5) is 4.60. The number of aliphatic hydroxyl groups is 2. The lowest BCUT2D eigenvalue weighted by atomic mass is 9.69. The molecule has 48 heavy (non-hydrogen) atoms. The SMILES string of the molecule is CC1CCc2cc3ccc2C1CC(S(=O)(=O)O)C1C=C(C(O)c2ccc(O)cc2)CCC1c1ccc(cc1)C(CCCO)(N=C(N)N)O3. The van der Waals surface area contributed by atoms with Crippen molar-refractivity contribution in [1.29, 1.82) is 0 Å². The van der Waals surface area contributed by atoms with E-state index in [0.29, 0.717) is 48.1 Å². The number of allylic oxidation sites excluding steroid dienone is 1. The molecular formula is C37H45N3O7S. The highest BCUT2D eigenvalue weighted by atomic mass is 32.2. The molecule has 3 heterocycles. The van der Waals surface area contributed by atoms with Gasteiger partial charge in [0, 0.05) is 24.5 Å². The monoisotopic (exact) mass is 675 g/mol. The molecule has 0 fully saturated rings. The van der Waals surface area contributed by atoms with Crippen LogP contribution in [0.25, 0.3) is 0 Å². The Bertz CT molecular complexity index is 1790. The van der Waals surface area contributed by atoms with Crippen LogP contribution in [0.4, 0.5) is 0 Å². The van der Waals surface area contributed by atoms with Crippen LogP contribution in [-0.2, 0) is 22.3 Å². The van der Waals surface area contributed by atoms with Gasteiger partial charge >= 0.3 is 0 Å². The number of aliphatic imine (C=N–C) groups is 1. The van der Waals surface area contributed by atoms with Crippen molar-refractivity contribution < 1.29 is 33.0 Å². The fraction of sp³-hybridized carbons (Fsp3) is 0.432. The third kappa shape index (κ3) is 6.82. The average Bonchev–Trinajstić information content (AvgIpc) is 3.06. The molecule has 8 rings (SSSR count). The zero-order valence-electron chi connectivity index (χ0n) is 27.1. The second-order valence-electron chi connectivity index (χ2n) is 13.6. The quantitative estimate of drug-likeness (QED) is 0.0852. The summed E-state index contributed by atoms with van der Waals surface area (Å²) in [7, 11) is -4.55. The van der Waals surface area contributed by atoms with E-state index in [-0.39, 0.29) is 42.5 Å². The van der Waals surface area contributed by atoms with Crippen molar-refractivity contribution in [2.75, 3.05) is 6.61 Å². The molecule has 10 nitrogen and oxygen atoms in total. The standard InChI is InChI=1S/C37H45N3O7S/c1-22-3-4-25-19-29-14-16-31(25)32(22)21-34(48(44,45)46)33-20-26(35(43)24-7-12-28(42)13-8-24)9-15-30(33)23-5-10-27(11-6-23)37(47-29,17-2-18-41)40-36(38)39/h5-8,10-14,16,19-20,22,30,32-35,41-43H,2-4,9,15,17-18,21H2,1H3,(H4,38,39,40)(H,44,45,46). The third-order valence-corrected chi connectivity index (χ3v) is 11.9. The van der Waals surface area contributed by atoms with Gasteiger partial charge < -0.3 is 31.5 Å². The molecule has 3 aromatic carbocycles. The van der Waals surface area contributed by atoms with Crippen LogP contribution in [0, 0.1) is 11.8 Å². The summed E-state index contributed by atoms with van der Waals surface area (Å²) in [5, 5.41) is 29.9. The predicted octanol–water partition coefficient (Wildman–Crippen LogP) is 5.15. The number of aryl methyl sites for hydroxylation is 1. The Hall–Kier alpha value is -3.90. The number of hydrogen-bond acceptors (Lipinski definition) is 7. The lowest BCUT2D eigenvalue weighted by molar-refractivity contribution is 0.0575. The molecule has 7 unspecified atom stereocenters. The molecule has 0 radical (unpaired) electrons. The fourth-order valence-corrected chi connectivity index (χ4v) is 9.24. The smallest absolute Gasteiger partial charge is 0.268 e. The number of rotatable bonds is 7. The number of nitrogens with zero attached hydrogens (tertiary/aromatic N) is 1. The summed E-state index contributed by atoms with van der Waals surface area (Å²) in [6.45, 7) is 2.04. The van der Waals surface area contributed by atoms with Crippen molar-refractivity contribution in [1.82, 2.24) is 0 Å². The lowest BCUT2D eigenvalue weighted by Crippen LogP contribution is -2.37. The van der Waals surface area contributed by atoms with Gasteiger partial charge in [0.1, 0.15) is 17.6 Å². The zero-order chi connectivity index (χ0) is 34.2. The normalized spacial score (nSPS) is 27.5. The molecule has 256 valence electrons. The molecule has 0 amide bonds. The first-order valence-electron chi connectivity index (χ1n) is 16.7. The molecule has 3 aromatic rings. The van der Waals surface area contributed by atoms with E-state index in [1.807, 2.05) is 48.5 Å². The Morgan fingerprint density at radius 3 is 2.42 bits per heavy atom. The minimum Gasteiger partial charge on any atom is -0.508 e. The molecule has 2 aliphatic carbocycles. The van der Waals surface area contributed by atoms with Crippen molar-refractivity contribution in [3.63, 3.8) is 0 Å². The Kier molecular flexibility index (Phi) is 9.59. The maximum atomic E-state index is 13.4. The number of guanidine groups is 1. The van der Waals surface area contributed by atoms with Gasteiger partial charge in [-0.15, -0.1) is 0 Å². The number of aliphatic hydroxyl groups excluding tert-OH is 2. The van der Waals surface area contributed by atoms with E-state index in [0.717, 1.165) is 29.5 Å². The highest BCUT2D eigenvalue weighted by Crippen LogP contribution is 2.49. The number of nitrogens with two attached hydrogens (primary N) is 2. The van der Waals surface area contributed by atoms with Crippen LogP contribution in [0.3, 0.4) is 0 Å². The van der Waals surface area contributed by atoms with Gasteiger partial charge in [0.15, 0.2) is 5.96 Å². The molecule has 8 N–H and O–H groups in total.